The highest BCUT2D eigenvalue weighted by Gasteiger charge is 2.57. The fraction of sp³-hybridized carbons (Fsp3) is 0.414. The number of amides is 1. The Labute approximate surface area is 238 Å². The summed E-state index contributed by atoms with van der Waals surface area (Å²) >= 11 is 0. The quantitative estimate of drug-likeness (QED) is 0.370. The van der Waals surface area contributed by atoms with Gasteiger partial charge in [0.05, 0.1) is 13.1 Å². The Kier molecular flexibility index (Phi) is 7.88. The van der Waals surface area contributed by atoms with Gasteiger partial charge in [-0.2, -0.15) is 0 Å². The number of nitrogens with zero attached hydrogens (tertiary/aromatic N) is 3. The van der Waals surface area contributed by atoms with Crippen molar-refractivity contribution < 1.29 is 37.3 Å². The van der Waals surface area contributed by atoms with Gasteiger partial charge in [-0.25, -0.2) is 22.5 Å². The zero-order valence-corrected chi connectivity index (χ0v) is 22.4. The lowest BCUT2D eigenvalue weighted by Gasteiger charge is -2.46. The van der Waals surface area contributed by atoms with Gasteiger partial charge in [-0.15, -0.1) is 0 Å². The molecule has 0 spiro atoms. The van der Waals surface area contributed by atoms with E-state index >= 15 is 8.78 Å². The molecule has 9 nitrogen and oxygen atoms in total. The van der Waals surface area contributed by atoms with E-state index in [1.807, 2.05) is 0 Å². The molecule has 2 aromatic carbocycles. The molecule has 2 heterocycles. The van der Waals surface area contributed by atoms with Crippen molar-refractivity contribution in [3.8, 4) is 17.4 Å². The first-order valence-corrected chi connectivity index (χ1v) is 13.5. The number of likely N-dealkylation sites (tertiary alicyclic amines) is 1. The average molecular weight is 591 g/mol. The second-order valence-corrected chi connectivity index (χ2v) is 10.9. The van der Waals surface area contributed by atoms with Crippen molar-refractivity contribution in [2.75, 3.05) is 18.8 Å². The maximum Gasteiger partial charge on any atom is 0.295 e. The zero-order chi connectivity index (χ0) is 30.2. The van der Waals surface area contributed by atoms with Crippen LogP contribution in [0.15, 0.2) is 59.7 Å². The highest BCUT2D eigenvalue weighted by molar-refractivity contribution is 5.80. The van der Waals surface area contributed by atoms with Gasteiger partial charge in [-0.05, 0) is 42.9 Å². The normalized spacial score (nSPS) is 25.6. The maximum atomic E-state index is 15.5. The molecule has 13 heteroatoms. The second-order valence-electron chi connectivity index (χ2n) is 10.9. The number of carbonyl (C=O) groups is 1. The van der Waals surface area contributed by atoms with Crippen LogP contribution in [0.4, 0.5) is 23.2 Å². The van der Waals surface area contributed by atoms with Crippen LogP contribution >= 0.6 is 0 Å². The summed E-state index contributed by atoms with van der Waals surface area (Å²) in [5, 5.41) is 20.5. The molecule has 3 aromatic rings. The Morgan fingerprint density at radius 2 is 1.90 bits per heavy atom. The number of aromatic hydroxyl groups is 1. The molecule has 1 saturated carbocycles. The van der Waals surface area contributed by atoms with Crippen LogP contribution in [0.5, 0.6) is 17.4 Å². The summed E-state index contributed by atoms with van der Waals surface area (Å²) in [7, 11) is 0. The number of anilines is 1. The number of phenols is 1. The van der Waals surface area contributed by atoms with Gasteiger partial charge in [0.1, 0.15) is 23.8 Å². The minimum absolute atomic E-state index is 0.0815. The van der Waals surface area contributed by atoms with E-state index in [2.05, 4.69) is 4.98 Å². The number of rotatable bonds is 6. The van der Waals surface area contributed by atoms with Crippen LogP contribution in [0.25, 0.3) is 0 Å². The number of ether oxygens (including phenoxy) is 1. The van der Waals surface area contributed by atoms with E-state index in [0.717, 1.165) is 39.6 Å². The van der Waals surface area contributed by atoms with Gasteiger partial charge >= 0.3 is 0 Å². The van der Waals surface area contributed by atoms with Crippen molar-refractivity contribution in [2.45, 2.75) is 55.8 Å². The van der Waals surface area contributed by atoms with Gasteiger partial charge in [-0.3, -0.25) is 14.2 Å². The number of carbonyl (C=O) groups excluding carboxylic acids is 1. The highest BCUT2D eigenvalue weighted by Crippen LogP contribution is 2.43. The Hall–Kier alpha value is -4.13. The molecule has 1 aromatic heterocycles. The molecular weight excluding hydrogens is 560 g/mol. The Morgan fingerprint density at radius 1 is 1.17 bits per heavy atom. The fourth-order valence-electron chi connectivity index (χ4n) is 5.70. The molecule has 1 aliphatic carbocycles. The molecule has 1 unspecified atom stereocenters. The third kappa shape index (κ3) is 5.65. The smallest absolute Gasteiger partial charge is 0.295 e. The van der Waals surface area contributed by atoms with Gasteiger partial charge in [0, 0.05) is 24.9 Å². The lowest BCUT2D eigenvalue weighted by molar-refractivity contribution is -0.223. The lowest BCUT2D eigenvalue weighted by atomic mass is 9.73. The molecule has 2 aliphatic rings. The summed E-state index contributed by atoms with van der Waals surface area (Å²) in [6.07, 6.45) is -0.256. The molecule has 4 N–H and O–H groups in total. The summed E-state index contributed by atoms with van der Waals surface area (Å²) in [6, 6.07) is 12.0. The molecule has 1 aliphatic heterocycles. The first-order chi connectivity index (χ1) is 19.9. The van der Waals surface area contributed by atoms with Gasteiger partial charge < -0.3 is 25.6 Å². The van der Waals surface area contributed by atoms with E-state index in [4.69, 9.17) is 10.5 Å². The number of benzene rings is 2. The Balaban J connectivity index is 1.31. The van der Waals surface area contributed by atoms with Crippen molar-refractivity contribution in [2.24, 2.45) is 5.92 Å². The SMILES string of the molecule is Nc1c(Oc2ccc(F)c(O)c2)ncn(C[C@@]2(O)CCN(C(=O)[C@@H]3CCC(F)C[C@H]3c3ccccc3)CC2(F)F)c1=O. The molecule has 0 radical (unpaired) electrons. The van der Waals surface area contributed by atoms with E-state index in [-0.39, 0.29) is 31.6 Å². The van der Waals surface area contributed by atoms with Gasteiger partial charge in [-0.1, -0.05) is 30.3 Å². The minimum Gasteiger partial charge on any atom is -0.505 e. The lowest BCUT2D eigenvalue weighted by Crippen LogP contribution is -2.64. The molecule has 42 heavy (non-hydrogen) atoms. The van der Waals surface area contributed by atoms with Gasteiger partial charge in [0.15, 0.2) is 17.3 Å². The Morgan fingerprint density at radius 3 is 2.60 bits per heavy atom. The summed E-state index contributed by atoms with van der Waals surface area (Å²) in [5.41, 5.74) is 2.36. The van der Waals surface area contributed by atoms with Crippen LogP contribution in [0.2, 0.25) is 0 Å². The van der Waals surface area contributed by atoms with E-state index in [9.17, 15) is 28.6 Å². The number of nitrogen functional groups attached to an aromatic ring is 1. The number of hydrogen-bond acceptors (Lipinski definition) is 7. The third-order valence-corrected chi connectivity index (χ3v) is 8.11. The first-order valence-electron chi connectivity index (χ1n) is 13.5. The standard InChI is InChI=1S/C29H30F4N4O5/c30-18-6-8-20(21(12-18)17-4-2-1-3-5-17)26(39)36-11-10-28(41,29(32,33)15-36)14-37-16-35-25(24(34)27(37)40)42-19-7-9-22(31)23(38)13-19/h1-5,7,9,13,16,18,20-21,38,41H,6,8,10-12,14-15,34H2/t18?,20-,21+,28+/m1/s1. The summed E-state index contributed by atoms with van der Waals surface area (Å²) in [4.78, 5) is 31.2. The monoisotopic (exact) mass is 590 g/mol. The maximum absolute atomic E-state index is 15.5. The van der Waals surface area contributed by atoms with Crippen molar-refractivity contribution in [3.63, 3.8) is 0 Å². The number of nitrogens with two attached hydrogens (primary N) is 1. The van der Waals surface area contributed by atoms with Gasteiger partial charge in [0.25, 0.3) is 11.5 Å². The van der Waals surface area contributed by atoms with Crippen LogP contribution < -0.4 is 16.0 Å². The van der Waals surface area contributed by atoms with Gasteiger partial charge in [0.2, 0.25) is 11.8 Å². The molecule has 224 valence electrons. The van der Waals surface area contributed by atoms with Crippen molar-refractivity contribution in [3.05, 3.63) is 76.6 Å². The van der Waals surface area contributed by atoms with E-state index in [1.165, 1.54) is 0 Å². The molecule has 2 fully saturated rings. The second kappa shape index (κ2) is 11.3. The largest absolute Gasteiger partial charge is 0.505 e. The minimum atomic E-state index is -3.81. The number of halogens is 4. The topological polar surface area (TPSA) is 131 Å². The Bertz CT molecular complexity index is 1520. The van der Waals surface area contributed by atoms with Crippen molar-refractivity contribution in [1.29, 1.82) is 0 Å². The number of phenolic OH excluding ortho intramolecular Hbond substituents is 1. The molecule has 4 atom stereocenters. The van der Waals surface area contributed by atoms with Crippen LogP contribution in [0.3, 0.4) is 0 Å². The van der Waals surface area contributed by atoms with Crippen LogP contribution in [-0.2, 0) is 11.3 Å². The number of hydrogen-bond donors (Lipinski definition) is 3. The zero-order valence-electron chi connectivity index (χ0n) is 22.4. The third-order valence-electron chi connectivity index (χ3n) is 8.11. The number of aromatic nitrogens is 2. The van der Waals surface area contributed by atoms with Crippen molar-refractivity contribution in [1.82, 2.24) is 14.5 Å². The predicted molar refractivity (Wildman–Crippen MR) is 144 cm³/mol. The predicted octanol–water partition coefficient (Wildman–Crippen LogP) is 3.98. The summed E-state index contributed by atoms with van der Waals surface area (Å²) < 4.78 is 64.7. The number of alkyl halides is 3. The molecule has 1 saturated heterocycles. The van der Waals surface area contributed by atoms with Crippen LogP contribution in [0.1, 0.15) is 37.2 Å². The molecule has 0 bridgehead atoms. The summed E-state index contributed by atoms with van der Waals surface area (Å²) in [6.45, 7) is -2.14. The number of piperidine rings is 1. The van der Waals surface area contributed by atoms with Crippen LogP contribution in [-0.4, -0.2) is 61.4 Å². The molecule has 1 amide bonds. The first kappa shape index (κ1) is 29.4. The van der Waals surface area contributed by atoms with E-state index in [1.54, 1.807) is 30.3 Å². The van der Waals surface area contributed by atoms with Crippen LogP contribution in [0, 0.1) is 11.7 Å². The van der Waals surface area contributed by atoms with E-state index in [0.29, 0.717) is 0 Å². The summed E-state index contributed by atoms with van der Waals surface area (Å²) in [5.74, 6) is -7.56. The van der Waals surface area contributed by atoms with Crippen molar-refractivity contribution >= 4 is 11.6 Å². The molecule has 5 rings (SSSR count). The fourth-order valence-corrected chi connectivity index (χ4v) is 5.70. The number of aliphatic hydroxyl groups is 1. The molecular formula is C29H30F4N4O5. The average Bonchev–Trinajstić information content (AvgIpc) is 2.96. The van der Waals surface area contributed by atoms with E-state index < -0.39 is 83.6 Å². The highest BCUT2D eigenvalue weighted by atomic mass is 19.3.